The minimum Gasteiger partial charge on any atom is -0.485 e. The average molecular weight is 424 g/mol. The molecule has 0 aliphatic carbocycles. The summed E-state index contributed by atoms with van der Waals surface area (Å²) in [5, 5.41) is 2.99. The van der Waals surface area contributed by atoms with Crippen LogP contribution < -0.4 is 14.8 Å². The summed E-state index contributed by atoms with van der Waals surface area (Å²) in [6, 6.07) is 32.8. The molecule has 1 amide bonds. The molecule has 0 fully saturated rings. The fourth-order valence-corrected chi connectivity index (χ4v) is 3.33. The maximum absolute atomic E-state index is 13.2. The van der Waals surface area contributed by atoms with Gasteiger partial charge in [-0.1, -0.05) is 84.9 Å². The number of carbonyl (C=O) groups excluding carboxylic acids is 1. The Morgan fingerprint density at radius 2 is 1.28 bits per heavy atom. The van der Waals surface area contributed by atoms with Gasteiger partial charge in [0.2, 0.25) is 0 Å². The van der Waals surface area contributed by atoms with Crippen molar-refractivity contribution in [2.45, 2.75) is 20.1 Å². The molecule has 1 N–H and O–H groups in total. The van der Waals surface area contributed by atoms with Crippen LogP contribution in [0.3, 0.4) is 0 Å². The molecule has 4 rings (SSSR count). The minimum absolute atomic E-state index is 0.243. The zero-order valence-electron chi connectivity index (χ0n) is 18.0. The lowest BCUT2D eigenvalue weighted by Crippen LogP contribution is -2.15. The molecular formula is C28H25NO3. The Morgan fingerprint density at radius 1 is 0.688 bits per heavy atom. The molecule has 0 atom stereocenters. The fourth-order valence-electron chi connectivity index (χ4n) is 3.33. The van der Waals surface area contributed by atoms with E-state index < -0.39 is 0 Å². The summed E-state index contributed by atoms with van der Waals surface area (Å²) in [6.45, 7) is 2.67. The summed E-state index contributed by atoms with van der Waals surface area (Å²) in [5.74, 6) is 0.716. The van der Waals surface area contributed by atoms with Crippen molar-refractivity contribution in [3.8, 4) is 11.5 Å². The Morgan fingerprint density at radius 3 is 1.94 bits per heavy atom. The first-order valence-corrected chi connectivity index (χ1v) is 10.5. The Hall–Kier alpha value is -4.05. The average Bonchev–Trinajstić information content (AvgIpc) is 2.84. The van der Waals surface area contributed by atoms with E-state index >= 15 is 0 Å². The molecule has 0 spiro atoms. The van der Waals surface area contributed by atoms with Crippen molar-refractivity contribution in [1.29, 1.82) is 0 Å². The second-order valence-corrected chi connectivity index (χ2v) is 7.45. The summed E-state index contributed by atoms with van der Waals surface area (Å²) in [4.78, 5) is 13.2. The van der Waals surface area contributed by atoms with Crippen molar-refractivity contribution in [3.63, 3.8) is 0 Å². The molecule has 0 aliphatic heterocycles. The number of amides is 1. The van der Waals surface area contributed by atoms with Crippen LogP contribution in [0, 0.1) is 6.92 Å². The molecule has 0 saturated carbocycles. The van der Waals surface area contributed by atoms with Crippen LogP contribution in [0.4, 0.5) is 5.69 Å². The van der Waals surface area contributed by atoms with Gasteiger partial charge in [-0.15, -0.1) is 0 Å². The van der Waals surface area contributed by atoms with Gasteiger partial charge in [0, 0.05) is 5.69 Å². The monoisotopic (exact) mass is 423 g/mol. The lowest BCUT2D eigenvalue weighted by atomic mass is 10.1. The first kappa shape index (κ1) is 21.2. The van der Waals surface area contributed by atoms with E-state index in [-0.39, 0.29) is 5.91 Å². The third-order valence-corrected chi connectivity index (χ3v) is 5.08. The van der Waals surface area contributed by atoms with Gasteiger partial charge in [-0.2, -0.15) is 0 Å². The minimum atomic E-state index is -0.243. The van der Waals surface area contributed by atoms with Crippen LogP contribution >= 0.6 is 0 Å². The number of aryl methyl sites for hydroxylation is 1. The summed E-state index contributed by atoms with van der Waals surface area (Å²) >= 11 is 0. The molecule has 0 bridgehead atoms. The van der Waals surface area contributed by atoms with E-state index in [0.29, 0.717) is 30.3 Å². The molecule has 160 valence electrons. The Labute approximate surface area is 188 Å². The number of carbonyl (C=O) groups is 1. The number of hydrogen-bond acceptors (Lipinski definition) is 3. The normalized spacial score (nSPS) is 10.4. The Bertz CT molecular complexity index is 1170. The van der Waals surface area contributed by atoms with Crippen LogP contribution in [-0.2, 0) is 13.2 Å². The zero-order chi connectivity index (χ0) is 22.2. The first-order valence-electron chi connectivity index (χ1n) is 10.5. The Kier molecular flexibility index (Phi) is 6.83. The van der Waals surface area contributed by atoms with Crippen molar-refractivity contribution < 1.29 is 14.3 Å². The standard InChI is InChI=1S/C28H25NO3/c1-21-11-8-9-17-25(21)29-28(30)24-16-10-18-26(31-19-22-12-4-2-5-13-22)27(24)32-20-23-14-6-3-7-15-23/h2-18H,19-20H2,1H3,(H,29,30). The molecule has 0 saturated heterocycles. The smallest absolute Gasteiger partial charge is 0.259 e. The lowest BCUT2D eigenvalue weighted by molar-refractivity contribution is 0.102. The van der Waals surface area contributed by atoms with Crippen molar-refractivity contribution in [2.24, 2.45) is 0 Å². The first-order chi connectivity index (χ1) is 15.7. The van der Waals surface area contributed by atoms with Crippen LogP contribution in [0.5, 0.6) is 11.5 Å². The second kappa shape index (κ2) is 10.3. The molecule has 0 aromatic heterocycles. The van der Waals surface area contributed by atoms with Gasteiger partial charge in [0.05, 0.1) is 5.56 Å². The molecule has 4 aromatic carbocycles. The topological polar surface area (TPSA) is 47.6 Å². The van der Waals surface area contributed by atoms with Gasteiger partial charge in [0.25, 0.3) is 5.91 Å². The van der Waals surface area contributed by atoms with Crippen LogP contribution in [0.1, 0.15) is 27.0 Å². The predicted molar refractivity (Wildman–Crippen MR) is 127 cm³/mol. The van der Waals surface area contributed by atoms with Gasteiger partial charge in [0.15, 0.2) is 11.5 Å². The SMILES string of the molecule is Cc1ccccc1NC(=O)c1cccc(OCc2ccccc2)c1OCc1ccccc1. The van der Waals surface area contributed by atoms with Crippen LogP contribution in [0.25, 0.3) is 0 Å². The van der Waals surface area contributed by atoms with Crippen molar-refractivity contribution >= 4 is 11.6 Å². The maximum atomic E-state index is 13.2. The van der Waals surface area contributed by atoms with E-state index in [0.717, 1.165) is 22.4 Å². The van der Waals surface area contributed by atoms with Crippen LogP contribution in [-0.4, -0.2) is 5.91 Å². The third kappa shape index (κ3) is 5.35. The molecule has 0 aliphatic rings. The summed E-state index contributed by atoms with van der Waals surface area (Å²) in [6.07, 6.45) is 0. The van der Waals surface area contributed by atoms with Crippen LogP contribution in [0.15, 0.2) is 103 Å². The van der Waals surface area contributed by atoms with E-state index in [9.17, 15) is 4.79 Å². The summed E-state index contributed by atoms with van der Waals surface area (Å²) < 4.78 is 12.2. The number of para-hydroxylation sites is 2. The zero-order valence-corrected chi connectivity index (χ0v) is 18.0. The van der Waals surface area contributed by atoms with Crippen LogP contribution in [0.2, 0.25) is 0 Å². The number of rotatable bonds is 8. The summed E-state index contributed by atoms with van der Waals surface area (Å²) in [7, 11) is 0. The van der Waals surface area contributed by atoms with Gasteiger partial charge in [-0.05, 0) is 41.8 Å². The van der Waals surface area contributed by atoms with Gasteiger partial charge in [0.1, 0.15) is 13.2 Å². The summed E-state index contributed by atoms with van der Waals surface area (Å²) in [5.41, 5.74) is 4.23. The molecule has 32 heavy (non-hydrogen) atoms. The van der Waals surface area contributed by atoms with Gasteiger partial charge in [-0.3, -0.25) is 4.79 Å². The number of hydrogen-bond donors (Lipinski definition) is 1. The van der Waals surface area contributed by atoms with Crippen molar-refractivity contribution in [2.75, 3.05) is 5.32 Å². The highest BCUT2D eigenvalue weighted by molar-refractivity contribution is 6.07. The highest BCUT2D eigenvalue weighted by Gasteiger charge is 2.19. The number of anilines is 1. The lowest BCUT2D eigenvalue weighted by Gasteiger charge is -2.17. The highest BCUT2D eigenvalue weighted by Crippen LogP contribution is 2.33. The molecule has 0 radical (unpaired) electrons. The van der Waals surface area contributed by atoms with E-state index in [1.807, 2.05) is 104 Å². The molecule has 0 heterocycles. The fraction of sp³-hybridized carbons (Fsp3) is 0.107. The molecule has 4 heteroatoms. The Balaban J connectivity index is 1.61. The van der Waals surface area contributed by atoms with E-state index in [2.05, 4.69) is 5.32 Å². The van der Waals surface area contributed by atoms with E-state index in [4.69, 9.17) is 9.47 Å². The number of ether oxygens (including phenoxy) is 2. The van der Waals surface area contributed by atoms with E-state index in [1.165, 1.54) is 0 Å². The number of nitrogens with one attached hydrogen (secondary N) is 1. The van der Waals surface area contributed by atoms with Gasteiger partial charge >= 0.3 is 0 Å². The van der Waals surface area contributed by atoms with Gasteiger partial charge < -0.3 is 14.8 Å². The molecular weight excluding hydrogens is 398 g/mol. The third-order valence-electron chi connectivity index (χ3n) is 5.08. The largest absolute Gasteiger partial charge is 0.485 e. The molecule has 4 nitrogen and oxygen atoms in total. The molecule has 0 unspecified atom stereocenters. The quantitative estimate of drug-likeness (QED) is 0.356. The van der Waals surface area contributed by atoms with Crippen molar-refractivity contribution in [1.82, 2.24) is 0 Å². The van der Waals surface area contributed by atoms with E-state index in [1.54, 1.807) is 6.07 Å². The molecule has 4 aromatic rings. The highest BCUT2D eigenvalue weighted by atomic mass is 16.5. The van der Waals surface area contributed by atoms with Gasteiger partial charge in [-0.25, -0.2) is 0 Å². The predicted octanol–water partition coefficient (Wildman–Crippen LogP) is 6.41. The van der Waals surface area contributed by atoms with Crippen molar-refractivity contribution in [3.05, 3.63) is 125 Å². The maximum Gasteiger partial charge on any atom is 0.259 e. The second-order valence-electron chi connectivity index (χ2n) is 7.45. The number of benzene rings is 4.